The summed E-state index contributed by atoms with van der Waals surface area (Å²) in [6.45, 7) is 2.50. The van der Waals surface area contributed by atoms with Crippen molar-refractivity contribution in [2.45, 2.75) is 25.3 Å². The van der Waals surface area contributed by atoms with E-state index in [0.717, 1.165) is 38.2 Å². The summed E-state index contributed by atoms with van der Waals surface area (Å²) in [6.07, 6.45) is 5.21. The fraction of sp³-hybridized carbons (Fsp3) is 0.368. The second-order valence-corrected chi connectivity index (χ2v) is 6.27. The van der Waals surface area contributed by atoms with Gasteiger partial charge in [-0.2, -0.15) is 0 Å². The molecule has 0 bridgehead atoms. The summed E-state index contributed by atoms with van der Waals surface area (Å²) in [4.78, 5) is 26.3. The summed E-state index contributed by atoms with van der Waals surface area (Å²) in [5.41, 5.74) is 1.38. The first-order valence-electron chi connectivity index (χ1n) is 8.61. The zero-order valence-corrected chi connectivity index (χ0v) is 14.1. The Morgan fingerprint density at radius 1 is 1.12 bits per heavy atom. The maximum absolute atomic E-state index is 12.0. The Morgan fingerprint density at radius 2 is 1.88 bits per heavy atom. The third-order valence-electron chi connectivity index (χ3n) is 4.42. The van der Waals surface area contributed by atoms with Crippen molar-refractivity contribution in [2.75, 3.05) is 25.0 Å². The molecule has 0 atom stereocenters. The van der Waals surface area contributed by atoms with Crippen LogP contribution in [0.2, 0.25) is 0 Å². The predicted molar refractivity (Wildman–Crippen MR) is 95.3 cm³/mol. The highest BCUT2D eigenvalue weighted by Gasteiger charge is 2.21. The van der Waals surface area contributed by atoms with Crippen LogP contribution in [0.1, 0.15) is 29.6 Å². The molecule has 1 aromatic carbocycles. The van der Waals surface area contributed by atoms with Crippen molar-refractivity contribution in [3.05, 3.63) is 54.5 Å². The van der Waals surface area contributed by atoms with Gasteiger partial charge >= 0.3 is 0 Å². The number of nitrogens with zero attached hydrogens (tertiary/aromatic N) is 1. The molecule has 3 rings (SSSR count). The minimum Gasteiger partial charge on any atom is -0.472 e. The number of para-hydroxylation sites is 1. The van der Waals surface area contributed by atoms with E-state index in [1.165, 1.54) is 12.5 Å². The second kappa shape index (κ2) is 8.48. The van der Waals surface area contributed by atoms with Gasteiger partial charge in [-0.25, -0.2) is 0 Å². The molecule has 1 aliphatic rings. The normalized spacial score (nSPS) is 15.7. The van der Waals surface area contributed by atoms with Crippen LogP contribution >= 0.6 is 0 Å². The molecule has 2 N–H and O–H groups in total. The van der Waals surface area contributed by atoms with Gasteiger partial charge in [0.2, 0.25) is 5.91 Å². The zero-order valence-electron chi connectivity index (χ0n) is 14.1. The average Bonchev–Trinajstić information content (AvgIpc) is 3.17. The first-order chi connectivity index (χ1) is 12.2. The molecular formula is C19H23N3O3. The van der Waals surface area contributed by atoms with E-state index in [-0.39, 0.29) is 17.9 Å². The quantitative estimate of drug-likeness (QED) is 0.847. The molecule has 2 heterocycles. The molecule has 1 saturated heterocycles. The lowest BCUT2D eigenvalue weighted by Gasteiger charge is -2.32. The van der Waals surface area contributed by atoms with Crippen molar-refractivity contribution >= 4 is 17.5 Å². The Labute approximate surface area is 147 Å². The van der Waals surface area contributed by atoms with E-state index in [2.05, 4.69) is 15.5 Å². The first-order valence-corrected chi connectivity index (χ1v) is 8.61. The Kier molecular flexibility index (Phi) is 5.85. The standard InChI is InChI=1S/C19H23N3O3/c23-18(20-16-4-2-1-3-5-16)8-12-22-10-6-17(7-11-22)21-19(24)15-9-13-25-14-15/h1-5,9,13-14,17H,6-8,10-12H2,(H,20,23)(H,21,24). The van der Waals surface area contributed by atoms with Gasteiger partial charge in [-0.05, 0) is 31.0 Å². The molecule has 0 unspecified atom stereocenters. The molecule has 6 heteroatoms. The highest BCUT2D eigenvalue weighted by molar-refractivity contribution is 5.94. The van der Waals surface area contributed by atoms with E-state index in [1.54, 1.807) is 6.07 Å². The molecule has 0 spiro atoms. The van der Waals surface area contributed by atoms with Crippen LogP contribution in [0.15, 0.2) is 53.3 Å². The monoisotopic (exact) mass is 341 g/mol. The van der Waals surface area contributed by atoms with E-state index >= 15 is 0 Å². The summed E-state index contributed by atoms with van der Waals surface area (Å²) in [5, 5.41) is 5.93. The maximum atomic E-state index is 12.0. The van der Waals surface area contributed by atoms with Crippen LogP contribution in [0.25, 0.3) is 0 Å². The molecule has 25 heavy (non-hydrogen) atoms. The number of hydrogen-bond acceptors (Lipinski definition) is 4. The third-order valence-corrected chi connectivity index (χ3v) is 4.42. The number of benzene rings is 1. The smallest absolute Gasteiger partial charge is 0.254 e. The Bertz CT molecular complexity index is 677. The van der Waals surface area contributed by atoms with Crippen LogP contribution < -0.4 is 10.6 Å². The highest BCUT2D eigenvalue weighted by atomic mass is 16.3. The highest BCUT2D eigenvalue weighted by Crippen LogP contribution is 2.12. The summed E-state index contributed by atoms with van der Waals surface area (Å²) < 4.78 is 4.93. The number of furan rings is 1. The van der Waals surface area contributed by atoms with Crippen molar-refractivity contribution in [1.82, 2.24) is 10.2 Å². The minimum absolute atomic E-state index is 0.0292. The van der Waals surface area contributed by atoms with Crippen molar-refractivity contribution < 1.29 is 14.0 Å². The molecule has 0 aliphatic carbocycles. The topological polar surface area (TPSA) is 74.6 Å². The number of hydrogen-bond donors (Lipinski definition) is 2. The largest absolute Gasteiger partial charge is 0.472 e. The fourth-order valence-corrected chi connectivity index (χ4v) is 2.97. The first kappa shape index (κ1) is 17.2. The van der Waals surface area contributed by atoms with Crippen LogP contribution in [0.5, 0.6) is 0 Å². The number of likely N-dealkylation sites (tertiary alicyclic amines) is 1. The van der Waals surface area contributed by atoms with Gasteiger partial charge in [0, 0.05) is 37.8 Å². The van der Waals surface area contributed by atoms with Gasteiger partial charge < -0.3 is 20.0 Å². The van der Waals surface area contributed by atoms with Gasteiger partial charge in [0.1, 0.15) is 6.26 Å². The number of amides is 2. The lowest BCUT2D eigenvalue weighted by atomic mass is 10.0. The summed E-state index contributed by atoms with van der Waals surface area (Å²) in [6, 6.07) is 11.3. The third kappa shape index (κ3) is 5.19. The summed E-state index contributed by atoms with van der Waals surface area (Å²) in [5.74, 6) is -0.0592. The molecular weight excluding hydrogens is 318 g/mol. The Hall–Kier alpha value is -2.60. The van der Waals surface area contributed by atoms with Gasteiger partial charge in [-0.1, -0.05) is 18.2 Å². The number of carbonyl (C=O) groups excluding carboxylic acids is 2. The molecule has 0 saturated carbocycles. The molecule has 2 aromatic rings. The van der Waals surface area contributed by atoms with Gasteiger partial charge in [0.25, 0.3) is 5.91 Å². The Balaban J connectivity index is 1.35. The SMILES string of the molecule is O=C(CCN1CCC(NC(=O)c2ccoc2)CC1)Nc1ccccc1. The molecule has 1 fully saturated rings. The molecule has 1 aliphatic heterocycles. The fourth-order valence-electron chi connectivity index (χ4n) is 2.97. The van der Waals surface area contributed by atoms with E-state index in [4.69, 9.17) is 4.42 Å². The summed E-state index contributed by atoms with van der Waals surface area (Å²) >= 11 is 0. The molecule has 132 valence electrons. The number of anilines is 1. The second-order valence-electron chi connectivity index (χ2n) is 6.27. The van der Waals surface area contributed by atoms with Gasteiger partial charge in [0.05, 0.1) is 11.8 Å². The van der Waals surface area contributed by atoms with Crippen LogP contribution in [-0.2, 0) is 4.79 Å². The number of rotatable bonds is 6. The summed E-state index contributed by atoms with van der Waals surface area (Å²) in [7, 11) is 0. The lowest BCUT2D eigenvalue weighted by molar-refractivity contribution is -0.116. The predicted octanol–water partition coefficient (Wildman–Crippen LogP) is 2.50. The van der Waals surface area contributed by atoms with E-state index in [9.17, 15) is 9.59 Å². The van der Waals surface area contributed by atoms with Crippen molar-refractivity contribution in [1.29, 1.82) is 0 Å². The minimum atomic E-state index is -0.0885. The Morgan fingerprint density at radius 3 is 2.56 bits per heavy atom. The van der Waals surface area contributed by atoms with Crippen molar-refractivity contribution in [3.8, 4) is 0 Å². The lowest BCUT2D eigenvalue weighted by Crippen LogP contribution is -2.45. The zero-order chi connectivity index (χ0) is 17.5. The van der Waals surface area contributed by atoms with Crippen molar-refractivity contribution in [3.63, 3.8) is 0 Å². The molecule has 6 nitrogen and oxygen atoms in total. The van der Waals surface area contributed by atoms with Gasteiger partial charge in [-0.15, -0.1) is 0 Å². The van der Waals surface area contributed by atoms with E-state index in [0.29, 0.717) is 12.0 Å². The van der Waals surface area contributed by atoms with Crippen LogP contribution in [0, 0.1) is 0 Å². The number of carbonyl (C=O) groups is 2. The van der Waals surface area contributed by atoms with Gasteiger partial charge in [0.15, 0.2) is 0 Å². The van der Waals surface area contributed by atoms with Crippen LogP contribution in [0.3, 0.4) is 0 Å². The van der Waals surface area contributed by atoms with Crippen molar-refractivity contribution in [2.24, 2.45) is 0 Å². The number of piperidine rings is 1. The van der Waals surface area contributed by atoms with E-state index < -0.39 is 0 Å². The molecule has 1 aromatic heterocycles. The average molecular weight is 341 g/mol. The molecule has 0 radical (unpaired) electrons. The molecule has 2 amide bonds. The maximum Gasteiger partial charge on any atom is 0.254 e. The van der Waals surface area contributed by atoms with Crippen LogP contribution in [-0.4, -0.2) is 42.4 Å². The van der Waals surface area contributed by atoms with Gasteiger partial charge in [-0.3, -0.25) is 9.59 Å². The number of nitrogens with one attached hydrogen (secondary N) is 2. The van der Waals surface area contributed by atoms with Crippen LogP contribution in [0.4, 0.5) is 5.69 Å². The van der Waals surface area contributed by atoms with E-state index in [1.807, 2.05) is 30.3 Å².